The van der Waals surface area contributed by atoms with Crippen molar-refractivity contribution >= 4 is 5.57 Å². The Morgan fingerprint density at radius 1 is 0.884 bits per heavy atom. The van der Waals surface area contributed by atoms with Crippen LogP contribution in [-0.2, 0) is 16.4 Å². The average molecular weight is 592 g/mol. The summed E-state index contributed by atoms with van der Waals surface area (Å²) in [5, 5.41) is 13.8. The van der Waals surface area contributed by atoms with Crippen LogP contribution < -0.4 is 5.32 Å². The van der Waals surface area contributed by atoms with Crippen LogP contribution in [0, 0.1) is 57.2 Å². The number of rotatable bonds is 8. The second kappa shape index (κ2) is 11.2. The normalized spacial score (nSPS) is 43.4. The van der Waals surface area contributed by atoms with Gasteiger partial charge in [0.15, 0.2) is 0 Å². The summed E-state index contributed by atoms with van der Waals surface area (Å²) in [5.74, 6) is 4.52. The Kier molecular flexibility index (Phi) is 8.31. The van der Waals surface area contributed by atoms with Gasteiger partial charge < -0.3 is 10.4 Å². The summed E-state index contributed by atoms with van der Waals surface area (Å²) < 4.78 is 0. The average Bonchev–Trinajstić information content (AvgIpc) is 3.36. The first-order valence-electron chi connectivity index (χ1n) is 17.7. The molecule has 9 atom stereocenters. The van der Waals surface area contributed by atoms with Crippen LogP contribution in [0.2, 0.25) is 0 Å². The highest BCUT2D eigenvalue weighted by Crippen LogP contribution is 2.76. The molecule has 1 aromatic rings. The number of hydrogen-bond donors (Lipinski definition) is 2. The fraction of sp³-hybridized carbons (Fsp3) is 0.795. The Hall–Kier alpha value is -1.20. The number of β-amino-alcohol motifs (C(OH)–C–C–N with tert-alkyl or cyclic N) is 1. The van der Waals surface area contributed by atoms with Crippen molar-refractivity contribution in [3.63, 3.8) is 0 Å². The number of allylic oxidation sites excluding steroid dienone is 2. The molecule has 43 heavy (non-hydrogen) atoms. The zero-order valence-corrected chi connectivity index (χ0v) is 28.6. The molecule has 1 aromatic carbocycles. The van der Waals surface area contributed by atoms with Crippen LogP contribution in [0.4, 0.5) is 0 Å². The smallest absolute Gasteiger partial charge is 0.107 e. The van der Waals surface area contributed by atoms with Gasteiger partial charge in [-0.25, -0.2) is 9.78 Å². The molecule has 0 aliphatic heterocycles. The molecule has 0 radical (unpaired) electrons. The summed E-state index contributed by atoms with van der Waals surface area (Å²) in [6.07, 6.45) is 14.6. The van der Waals surface area contributed by atoms with Crippen molar-refractivity contribution < 1.29 is 14.9 Å². The van der Waals surface area contributed by atoms with Gasteiger partial charge >= 0.3 is 0 Å². The third-order valence-electron chi connectivity index (χ3n) is 15.1. The third kappa shape index (κ3) is 4.66. The maximum absolute atomic E-state index is 9.81. The summed E-state index contributed by atoms with van der Waals surface area (Å²) in [7, 11) is 1.57. The van der Waals surface area contributed by atoms with Gasteiger partial charge in [0, 0.05) is 12.1 Å². The van der Waals surface area contributed by atoms with E-state index >= 15 is 0 Å². The highest BCUT2D eigenvalue weighted by Gasteiger charge is 2.70. The van der Waals surface area contributed by atoms with Crippen molar-refractivity contribution in [2.45, 2.75) is 118 Å². The summed E-state index contributed by atoms with van der Waals surface area (Å²) >= 11 is 0. The molecule has 0 spiro atoms. The number of hydrogen-bond acceptors (Lipinski definition) is 4. The summed E-state index contributed by atoms with van der Waals surface area (Å²) in [4.78, 5) is 9.99. The molecule has 240 valence electrons. The Labute approximate surface area is 262 Å². The molecule has 5 aliphatic rings. The minimum Gasteiger partial charge on any atom is -0.395 e. The van der Waals surface area contributed by atoms with Crippen LogP contribution in [0.25, 0.3) is 5.57 Å². The Balaban J connectivity index is 1.32. The second-order valence-corrected chi connectivity index (χ2v) is 17.1. The van der Waals surface area contributed by atoms with E-state index in [1.165, 1.54) is 63.4 Å². The van der Waals surface area contributed by atoms with Gasteiger partial charge in [-0.05, 0) is 132 Å². The molecule has 2 N–H and O–H groups in total. The lowest BCUT2D eigenvalue weighted by Crippen LogP contribution is -2.68. The van der Waals surface area contributed by atoms with E-state index in [2.05, 4.69) is 84.1 Å². The van der Waals surface area contributed by atoms with Crippen molar-refractivity contribution in [3.05, 3.63) is 41.5 Å². The van der Waals surface area contributed by atoms with E-state index in [0.717, 1.165) is 41.7 Å². The van der Waals surface area contributed by atoms with E-state index in [9.17, 15) is 5.11 Å². The zero-order valence-electron chi connectivity index (χ0n) is 28.6. The van der Waals surface area contributed by atoms with Crippen molar-refractivity contribution in [3.8, 4) is 0 Å². The molecule has 0 bridgehead atoms. The van der Waals surface area contributed by atoms with Gasteiger partial charge in [0.05, 0.1) is 13.7 Å². The molecule has 4 heteroatoms. The van der Waals surface area contributed by atoms with Crippen LogP contribution in [-0.4, -0.2) is 30.9 Å². The summed E-state index contributed by atoms with van der Waals surface area (Å²) in [5.41, 5.74) is 5.52. The molecular formula is C39H61NO3. The number of nitrogens with one attached hydrogen (secondary N) is 1. The Morgan fingerprint density at radius 2 is 1.63 bits per heavy atom. The van der Waals surface area contributed by atoms with Crippen LogP contribution in [0.3, 0.4) is 0 Å². The first-order valence-corrected chi connectivity index (χ1v) is 17.7. The maximum atomic E-state index is 9.81. The molecule has 4 saturated carbocycles. The van der Waals surface area contributed by atoms with Gasteiger partial charge in [0.1, 0.15) is 6.61 Å². The minimum absolute atomic E-state index is 0.140. The van der Waals surface area contributed by atoms with E-state index in [-0.39, 0.29) is 17.6 Å². The summed E-state index contributed by atoms with van der Waals surface area (Å²) in [6, 6.07) is 9.00. The topological polar surface area (TPSA) is 50.7 Å². The quantitative estimate of drug-likeness (QED) is 0.234. The van der Waals surface area contributed by atoms with E-state index in [4.69, 9.17) is 9.78 Å². The number of aliphatic hydroxyl groups is 1. The predicted octanol–water partition coefficient (Wildman–Crippen LogP) is 8.83. The lowest BCUT2D eigenvalue weighted by molar-refractivity contribution is -0.282. The van der Waals surface area contributed by atoms with Gasteiger partial charge in [-0.15, -0.1) is 0 Å². The molecule has 4 nitrogen and oxygen atoms in total. The highest BCUT2D eigenvalue weighted by molar-refractivity contribution is 5.71. The number of fused-ring (bicyclic) bond motifs is 7. The monoisotopic (exact) mass is 591 g/mol. The van der Waals surface area contributed by atoms with Gasteiger partial charge in [-0.2, -0.15) is 0 Å². The third-order valence-corrected chi connectivity index (χ3v) is 15.1. The lowest BCUT2D eigenvalue weighted by atomic mass is 9.33. The zero-order chi connectivity index (χ0) is 30.8. The molecule has 4 fully saturated rings. The van der Waals surface area contributed by atoms with Crippen LogP contribution in [0.5, 0.6) is 0 Å². The molecule has 0 amide bonds. The maximum Gasteiger partial charge on any atom is 0.107 e. The minimum atomic E-state index is 0.140. The van der Waals surface area contributed by atoms with Gasteiger partial charge in [-0.1, -0.05) is 78.8 Å². The molecule has 0 heterocycles. The lowest BCUT2D eigenvalue weighted by Gasteiger charge is -2.72. The number of benzene rings is 1. The van der Waals surface area contributed by atoms with Crippen LogP contribution in [0.1, 0.15) is 117 Å². The van der Waals surface area contributed by atoms with Crippen molar-refractivity contribution in [1.29, 1.82) is 0 Å². The van der Waals surface area contributed by atoms with Gasteiger partial charge in [0.2, 0.25) is 0 Å². The molecule has 0 saturated heterocycles. The van der Waals surface area contributed by atoms with Gasteiger partial charge in [-0.3, -0.25) is 0 Å². The molecule has 0 aromatic heterocycles. The van der Waals surface area contributed by atoms with Crippen LogP contribution in [0.15, 0.2) is 30.3 Å². The van der Waals surface area contributed by atoms with Crippen molar-refractivity contribution in [1.82, 2.24) is 5.32 Å². The SMILES string of the molecule is COOCc1ccc(C2=CC[C@@]3(C)C(CC[C@]4(C)C3CC[C@@H]3C5[C@H](C(C)C)CC[C@]5(NCCO)CC[C@]34C)C2(C)C)cc1. The Morgan fingerprint density at radius 3 is 2.30 bits per heavy atom. The molecule has 5 aliphatic carbocycles. The van der Waals surface area contributed by atoms with Gasteiger partial charge in [0.25, 0.3) is 0 Å². The second-order valence-electron chi connectivity index (χ2n) is 17.1. The van der Waals surface area contributed by atoms with E-state index in [0.29, 0.717) is 28.8 Å². The molecular weight excluding hydrogens is 530 g/mol. The fourth-order valence-electron chi connectivity index (χ4n) is 13.0. The largest absolute Gasteiger partial charge is 0.395 e. The standard InChI is InChI=1S/C39H61NO3/c1-26(2)29-15-20-39(40-23-24-41)22-21-37(6)31(34(29)39)13-14-33-36(5)18-16-30(28-11-9-27(10-12-28)25-43-42-8)35(3,4)32(36)17-19-38(33,37)7/h9-12,16,26,29,31-34,40-41H,13-15,17-25H2,1-8H3/t29-,31+,32?,33?,34?,36-,37+,38+,39-/m0/s1. The number of aliphatic hydroxyl groups excluding tert-OH is 1. The highest BCUT2D eigenvalue weighted by atomic mass is 17.2. The van der Waals surface area contributed by atoms with E-state index < -0.39 is 0 Å². The van der Waals surface area contributed by atoms with E-state index in [1.54, 1.807) is 12.7 Å². The predicted molar refractivity (Wildman–Crippen MR) is 176 cm³/mol. The summed E-state index contributed by atoms with van der Waals surface area (Å²) in [6.45, 7) is 19.7. The van der Waals surface area contributed by atoms with E-state index in [1.807, 2.05) is 0 Å². The van der Waals surface area contributed by atoms with Crippen molar-refractivity contribution in [2.75, 3.05) is 20.3 Å². The molecule has 6 rings (SSSR count). The van der Waals surface area contributed by atoms with Crippen molar-refractivity contribution in [2.24, 2.45) is 57.2 Å². The molecule has 3 unspecified atom stereocenters. The Bertz CT molecular complexity index is 1190. The fourth-order valence-corrected chi connectivity index (χ4v) is 13.0. The first kappa shape index (κ1) is 31.8. The first-order chi connectivity index (χ1) is 20.4. The van der Waals surface area contributed by atoms with Crippen LogP contribution >= 0.6 is 0 Å².